The van der Waals surface area contributed by atoms with Gasteiger partial charge in [-0.1, -0.05) is 18.2 Å². The highest BCUT2D eigenvalue weighted by Crippen LogP contribution is 2.32. The highest BCUT2D eigenvalue weighted by Gasteiger charge is 2.11. The summed E-state index contributed by atoms with van der Waals surface area (Å²) in [5.74, 6) is 1.33. The maximum absolute atomic E-state index is 9.56. The fourth-order valence-electron chi connectivity index (χ4n) is 2.42. The molecule has 0 aliphatic heterocycles. The number of fused-ring (bicyclic) bond motifs is 1. The zero-order chi connectivity index (χ0) is 17.8. The van der Waals surface area contributed by atoms with Crippen LogP contribution < -0.4 is 9.47 Å². The zero-order valence-electron chi connectivity index (χ0n) is 14.3. The molecule has 0 saturated carbocycles. The summed E-state index contributed by atoms with van der Waals surface area (Å²) in [6.07, 6.45) is 1.88. The third kappa shape index (κ3) is 3.81. The van der Waals surface area contributed by atoms with Crippen molar-refractivity contribution < 1.29 is 9.47 Å². The van der Waals surface area contributed by atoms with E-state index in [9.17, 15) is 5.26 Å². The molecule has 0 aliphatic carbocycles. The number of thiazole rings is 1. The number of para-hydroxylation sites is 1. The maximum Gasteiger partial charge on any atom is 0.161 e. The van der Waals surface area contributed by atoms with Crippen molar-refractivity contribution in [1.82, 2.24) is 4.98 Å². The van der Waals surface area contributed by atoms with Crippen LogP contribution in [0.3, 0.4) is 0 Å². The maximum atomic E-state index is 9.56. The van der Waals surface area contributed by atoms with Gasteiger partial charge in [0.25, 0.3) is 0 Å². The van der Waals surface area contributed by atoms with Gasteiger partial charge in [0.2, 0.25) is 0 Å². The molecule has 25 heavy (non-hydrogen) atoms. The van der Waals surface area contributed by atoms with Crippen LogP contribution in [0.25, 0.3) is 21.9 Å². The van der Waals surface area contributed by atoms with Crippen LogP contribution in [0.2, 0.25) is 0 Å². The van der Waals surface area contributed by atoms with Gasteiger partial charge in [-0.25, -0.2) is 4.98 Å². The van der Waals surface area contributed by atoms with Gasteiger partial charge in [0, 0.05) is 0 Å². The van der Waals surface area contributed by atoms with Gasteiger partial charge < -0.3 is 9.47 Å². The smallest absolute Gasteiger partial charge is 0.161 e. The molecule has 1 aromatic heterocycles. The minimum Gasteiger partial charge on any atom is -0.493 e. The Balaban J connectivity index is 1.98. The van der Waals surface area contributed by atoms with Crippen LogP contribution in [-0.4, -0.2) is 18.2 Å². The summed E-state index contributed by atoms with van der Waals surface area (Å²) in [6.45, 7) is 3.93. The van der Waals surface area contributed by atoms with Crippen LogP contribution in [0.4, 0.5) is 0 Å². The highest BCUT2D eigenvalue weighted by molar-refractivity contribution is 7.19. The first-order valence-corrected chi connectivity index (χ1v) is 8.75. The molecule has 0 fully saturated rings. The first-order valence-electron chi connectivity index (χ1n) is 7.93. The van der Waals surface area contributed by atoms with E-state index < -0.39 is 0 Å². The van der Waals surface area contributed by atoms with Crippen molar-refractivity contribution in [3.05, 3.63) is 53.0 Å². The van der Waals surface area contributed by atoms with E-state index in [1.54, 1.807) is 7.11 Å². The van der Waals surface area contributed by atoms with Crippen LogP contribution >= 0.6 is 11.3 Å². The van der Waals surface area contributed by atoms with Crippen LogP contribution in [0.1, 0.15) is 24.4 Å². The molecule has 0 spiro atoms. The van der Waals surface area contributed by atoms with E-state index in [0.29, 0.717) is 22.1 Å². The third-order valence-electron chi connectivity index (χ3n) is 3.51. The lowest BCUT2D eigenvalue weighted by molar-refractivity contribution is 0.230. The summed E-state index contributed by atoms with van der Waals surface area (Å²) < 4.78 is 12.2. The second-order valence-electron chi connectivity index (χ2n) is 5.73. The molecule has 3 aromatic rings. The molecule has 0 radical (unpaired) electrons. The topological polar surface area (TPSA) is 55.1 Å². The molecule has 2 aromatic carbocycles. The quantitative estimate of drug-likeness (QED) is 0.597. The molecule has 3 rings (SSSR count). The lowest BCUT2D eigenvalue weighted by atomic mass is 10.1. The number of aromatic nitrogens is 1. The third-order valence-corrected chi connectivity index (χ3v) is 4.58. The standard InChI is InChI=1S/C20H18N2O2S/c1-13(2)24-17-9-8-14(11-18(17)23-3)10-15(12-21)20-22-16-6-4-5-7-19(16)25-20/h4-11,13H,1-3H3/b15-10-. The first kappa shape index (κ1) is 17.0. The molecule has 0 unspecified atom stereocenters. The Hall–Kier alpha value is -2.84. The summed E-state index contributed by atoms with van der Waals surface area (Å²) >= 11 is 1.51. The molecule has 0 N–H and O–H groups in total. The van der Waals surface area contributed by atoms with E-state index in [1.807, 2.05) is 62.4 Å². The van der Waals surface area contributed by atoms with Crippen molar-refractivity contribution in [1.29, 1.82) is 5.26 Å². The molecule has 0 atom stereocenters. The molecule has 0 aliphatic rings. The molecular weight excluding hydrogens is 332 g/mol. The second-order valence-corrected chi connectivity index (χ2v) is 6.76. The summed E-state index contributed by atoms with van der Waals surface area (Å²) in [5.41, 5.74) is 2.30. The molecule has 4 nitrogen and oxygen atoms in total. The monoisotopic (exact) mass is 350 g/mol. The Morgan fingerprint density at radius 3 is 2.68 bits per heavy atom. The van der Waals surface area contributed by atoms with E-state index in [0.717, 1.165) is 15.8 Å². The average molecular weight is 350 g/mol. The van der Waals surface area contributed by atoms with Gasteiger partial charge in [-0.15, -0.1) is 11.3 Å². The molecule has 0 saturated heterocycles. The van der Waals surface area contributed by atoms with Gasteiger partial charge >= 0.3 is 0 Å². The van der Waals surface area contributed by atoms with Gasteiger partial charge in [0.05, 0.1) is 29.0 Å². The average Bonchev–Trinajstić information content (AvgIpc) is 3.04. The number of ether oxygens (including phenoxy) is 2. The number of hydrogen-bond donors (Lipinski definition) is 0. The predicted molar refractivity (Wildman–Crippen MR) is 102 cm³/mol. The van der Waals surface area contributed by atoms with Crippen LogP contribution in [0, 0.1) is 11.3 Å². The Morgan fingerprint density at radius 1 is 1.20 bits per heavy atom. The molecule has 0 amide bonds. The summed E-state index contributed by atoms with van der Waals surface area (Å²) in [4.78, 5) is 4.55. The molecule has 126 valence electrons. The first-order chi connectivity index (χ1) is 12.1. The fourth-order valence-corrected chi connectivity index (χ4v) is 3.35. The number of rotatable bonds is 5. The summed E-state index contributed by atoms with van der Waals surface area (Å²) in [6, 6.07) is 15.8. The van der Waals surface area contributed by atoms with E-state index in [4.69, 9.17) is 9.47 Å². The Labute approximate surface area is 151 Å². The van der Waals surface area contributed by atoms with E-state index in [-0.39, 0.29) is 6.10 Å². The highest BCUT2D eigenvalue weighted by atomic mass is 32.1. The Bertz CT molecular complexity index is 934. The minimum absolute atomic E-state index is 0.0627. The predicted octanol–water partition coefficient (Wildman–Crippen LogP) is 5.16. The lowest BCUT2D eigenvalue weighted by Gasteiger charge is -2.13. The van der Waals surface area contributed by atoms with Gasteiger partial charge in [0.15, 0.2) is 11.5 Å². The summed E-state index contributed by atoms with van der Waals surface area (Å²) in [5, 5.41) is 10.3. The van der Waals surface area contributed by atoms with Gasteiger partial charge in [-0.05, 0) is 49.8 Å². The van der Waals surface area contributed by atoms with E-state index >= 15 is 0 Å². The van der Waals surface area contributed by atoms with Crippen LogP contribution in [0.5, 0.6) is 11.5 Å². The summed E-state index contributed by atoms with van der Waals surface area (Å²) in [7, 11) is 1.61. The van der Waals surface area contributed by atoms with Crippen LogP contribution in [-0.2, 0) is 0 Å². The Morgan fingerprint density at radius 2 is 2.00 bits per heavy atom. The van der Waals surface area contributed by atoms with E-state index in [2.05, 4.69) is 11.1 Å². The lowest BCUT2D eigenvalue weighted by Crippen LogP contribution is -2.06. The van der Waals surface area contributed by atoms with Crippen molar-refractivity contribution in [2.75, 3.05) is 7.11 Å². The van der Waals surface area contributed by atoms with Crippen molar-refractivity contribution in [2.45, 2.75) is 20.0 Å². The fraction of sp³-hybridized carbons (Fsp3) is 0.200. The number of nitrogens with zero attached hydrogens (tertiary/aromatic N) is 2. The Kier molecular flexibility index (Phi) is 5.01. The van der Waals surface area contributed by atoms with Crippen LogP contribution in [0.15, 0.2) is 42.5 Å². The molecule has 5 heteroatoms. The largest absolute Gasteiger partial charge is 0.493 e. The number of allylic oxidation sites excluding steroid dienone is 1. The van der Waals surface area contributed by atoms with Crippen molar-refractivity contribution in [3.8, 4) is 17.6 Å². The second kappa shape index (κ2) is 7.37. The minimum atomic E-state index is 0.0627. The van der Waals surface area contributed by atoms with E-state index in [1.165, 1.54) is 11.3 Å². The van der Waals surface area contributed by atoms with Gasteiger partial charge in [-0.2, -0.15) is 5.26 Å². The molecule has 1 heterocycles. The van der Waals surface area contributed by atoms with Crippen molar-refractivity contribution >= 4 is 33.2 Å². The van der Waals surface area contributed by atoms with Gasteiger partial charge in [0.1, 0.15) is 11.1 Å². The zero-order valence-corrected chi connectivity index (χ0v) is 15.1. The van der Waals surface area contributed by atoms with Crippen molar-refractivity contribution in [2.24, 2.45) is 0 Å². The molecule has 0 bridgehead atoms. The SMILES string of the molecule is COc1cc(/C=C(/C#N)c2nc3ccccc3s2)ccc1OC(C)C. The molecular formula is C20H18N2O2S. The number of nitriles is 1. The van der Waals surface area contributed by atoms with Crippen molar-refractivity contribution in [3.63, 3.8) is 0 Å². The number of benzene rings is 2. The van der Waals surface area contributed by atoms with Gasteiger partial charge in [-0.3, -0.25) is 0 Å². The number of methoxy groups -OCH3 is 1. The normalized spacial score (nSPS) is 11.6. The number of hydrogen-bond acceptors (Lipinski definition) is 5.